The maximum absolute atomic E-state index is 12.4. The molecule has 0 saturated carbocycles. The van der Waals surface area contributed by atoms with E-state index in [4.69, 9.17) is 14.6 Å². The second-order valence-corrected chi connectivity index (χ2v) is 5.51. The quantitative estimate of drug-likeness (QED) is 0.770. The number of amides is 1. The maximum atomic E-state index is 12.4. The monoisotopic (exact) mass is 343 g/mol. The van der Waals surface area contributed by atoms with Gasteiger partial charge in [0.05, 0.1) is 19.6 Å². The van der Waals surface area contributed by atoms with E-state index in [2.05, 4.69) is 5.32 Å². The third-order valence-electron chi connectivity index (χ3n) is 3.64. The topological polar surface area (TPSA) is 84.9 Å². The van der Waals surface area contributed by atoms with Gasteiger partial charge in [-0.05, 0) is 36.8 Å². The molecule has 0 radical (unpaired) electrons. The van der Waals surface area contributed by atoms with E-state index in [0.717, 1.165) is 5.56 Å². The first-order valence-corrected chi connectivity index (χ1v) is 7.87. The summed E-state index contributed by atoms with van der Waals surface area (Å²) in [7, 11) is 1.57. The van der Waals surface area contributed by atoms with Crippen LogP contribution in [0.15, 0.2) is 54.6 Å². The second kappa shape index (κ2) is 8.73. The van der Waals surface area contributed by atoms with Crippen molar-refractivity contribution >= 4 is 11.9 Å². The van der Waals surface area contributed by atoms with E-state index in [9.17, 15) is 9.59 Å². The number of carboxylic acids is 1. The molecule has 0 bridgehead atoms. The van der Waals surface area contributed by atoms with Gasteiger partial charge in [0.1, 0.15) is 11.5 Å². The van der Waals surface area contributed by atoms with Gasteiger partial charge in [0.25, 0.3) is 5.91 Å². The molecule has 2 rings (SSSR count). The molecule has 0 aromatic heterocycles. The van der Waals surface area contributed by atoms with Gasteiger partial charge in [-0.2, -0.15) is 0 Å². The van der Waals surface area contributed by atoms with Crippen molar-refractivity contribution in [2.75, 3.05) is 7.11 Å². The van der Waals surface area contributed by atoms with Gasteiger partial charge in [0, 0.05) is 0 Å². The summed E-state index contributed by atoms with van der Waals surface area (Å²) < 4.78 is 10.7. The second-order valence-electron chi connectivity index (χ2n) is 5.51. The number of carboxylic acid groups (broad SMARTS) is 1. The number of aliphatic carboxylic acids is 1. The minimum Gasteiger partial charge on any atom is -0.497 e. The zero-order chi connectivity index (χ0) is 18.2. The average Bonchev–Trinajstić information content (AvgIpc) is 2.62. The normalized spacial score (nSPS) is 12.7. The number of rotatable bonds is 8. The molecule has 2 atom stereocenters. The van der Waals surface area contributed by atoms with Crippen LogP contribution in [0.25, 0.3) is 0 Å². The largest absolute Gasteiger partial charge is 0.497 e. The summed E-state index contributed by atoms with van der Waals surface area (Å²) in [5, 5.41) is 11.8. The van der Waals surface area contributed by atoms with Crippen LogP contribution in [0.1, 0.15) is 24.9 Å². The van der Waals surface area contributed by atoms with Crippen LogP contribution in [-0.2, 0) is 9.59 Å². The van der Waals surface area contributed by atoms with E-state index >= 15 is 0 Å². The Kier molecular flexibility index (Phi) is 6.39. The highest BCUT2D eigenvalue weighted by atomic mass is 16.5. The molecule has 0 saturated heterocycles. The van der Waals surface area contributed by atoms with E-state index in [1.54, 1.807) is 62.6 Å². The molecule has 2 N–H and O–H groups in total. The molecule has 0 fully saturated rings. The molecule has 6 heteroatoms. The molecule has 0 aliphatic rings. The highest BCUT2D eigenvalue weighted by Crippen LogP contribution is 2.20. The minimum absolute atomic E-state index is 0.203. The molecule has 2 unspecified atom stereocenters. The van der Waals surface area contributed by atoms with Crippen LogP contribution in [0.4, 0.5) is 0 Å². The van der Waals surface area contributed by atoms with Crippen molar-refractivity contribution in [3.05, 3.63) is 60.2 Å². The van der Waals surface area contributed by atoms with E-state index in [-0.39, 0.29) is 12.3 Å². The molecule has 0 heterocycles. The van der Waals surface area contributed by atoms with Crippen LogP contribution >= 0.6 is 0 Å². The highest BCUT2D eigenvalue weighted by Gasteiger charge is 2.22. The van der Waals surface area contributed by atoms with Crippen molar-refractivity contribution in [3.63, 3.8) is 0 Å². The molecule has 2 aromatic carbocycles. The number of hydrogen-bond acceptors (Lipinski definition) is 4. The van der Waals surface area contributed by atoms with E-state index in [0.29, 0.717) is 11.5 Å². The number of carbonyl (C=O) groups is 2. The van der Waals surface area contributed by atoms with Crippen molar-refractivity contribution in [2.24, 2.45) is 0 Å². The lowest BCUT2D eigenvalue weighted by atomic mass is 10.0. The standard InChI is InChI=1S/C19H21NO5/c1-13(25-16-10-8-15(24-2)9-11-16)19(23)20-17(12-18(21)22)14-6-4-3-5-7-14/h3-11,13,17H,12H2,1-2H3,(H,20,23)(H,21,22). The predicted octanol–water partition coefficient (Wildman–Crippen LogP) is 2.79. The summed E-state index contributed by atoms with van der Waals surface area (Å²) in [5.74, 6) is -0.156. The van der Waals surface area contributed by atoms with E-state index in [1.807, 2.05) is 6.07 Å². The summed E-state index contributed by atoms with van der Waals surface area (Å²) in [5.41, 5.74) is 0.731. The first kappa shape index (κ1) is 18.3. The average molecular weight is 343 g/mol. The molecule has 132 valence electrons. The number of nitrogens with one attached hydrogen (secondary N) is 1. The van der Waals surface area contributed by atoms with Gasteiger partial charge in [-0.1, -0.05) is 30.3 Å². The molecule has 6 nitrogen and oxygen atoms in total. The summed E-state index contributed by atoms with van der Waals surface area (Å²) >= 11 is 0. The fourth-order valence-electron chi connectivity index (χ4n) is 2.31. The summed E-state index contributed by atoms with van der Waals surface area (Å²) in [4.78, 5) is 23.5. The van der Waals surface area contributed by atoms with E-state index < -0.39 is 18.1 Å². The van der Waals surface area contributed by atoms with Gasteiger partial charge < -0.3 is 19.9 Å². The Morgan fingerprint density at radius 1 is 1.04 bits per heavy atom. The molecule has 1 amide bonds. The lowest BCUT2D eigenvalue weighted by molar-refractivity contribution is -0.138. The Hall–Kier alpha value is -3.02. The molecule has 25 heavy (non-hydrogen) atoms. The Balaban J connectivity index is 2.02. The fourth-order valence-corrected chi connectivity index (χ4v) is 2.31. The summed E-state index contributed by atoms with van der Waals surface area (Å²) in [6.07, 6.45) is -0.973. The first-order chi connectivity index (χ1) is 12.0. The molecular formula is C19H21NO5. The summed E-state index contributed by atoms with van der Waals surface area (Å²) in [6, 6.07) is 15.2. The third kappa shape index (κ3) is 5.53. The molecule has 0 spiro atoms. The smallest absolute Gasteiger partial charge is 0.305 e. The fraction of sp³-hybridized carbons (Fsp3) is 0.263. The van der Waals surface area contributed by atoms with Crippen molar-refractivity contribution in [1.82, 2.24) is 5.32 Å². The van der Waals surface area contributed by atoms with Gasteiger partial charge in [-0.25, -0.2) is 0 Å². The van der Waals surface area contributed by atoms with Crippen molar-refractivity contribution < 1.29 is 24.2 Å². The minimum atomic E-state index is -0.988. The zero-order valence-corrected chi connectivity index (χ0v) is 14.1. The van der Waals surface area contributed by atoms with Gasteiger partial charge in [-0.15, -0.1) is 0 Å². The first-order valence-electron chi connectivity index (χ1n) is 7.87. The Bertz CT molecular complexity index is 700. The van der Waals surface area contributed by atoms with Crippen molar-refractivity contribution in [1.29, 1.82) is 0 Å². The SMILES string of the molecule is COc1ccc(OC(C)C(=O)NC(CC(=O)O)c2ccccc2)cc1. The molecular weight excluding hydrogens is 322 g/mol. The Morgan fingerprint density at radius 3 is 2.20 bits per heavy atom. The number of benzene rings is 2. The number of ether oxygens (including phenoxy) is 2. The van der Waals surface area contributed by atoms with Crippen LogP contribution in [-0.4, -0.2) is 30.2 Å². The van der Waals surface area contributed by atoms with Gasteiger partial charge in [0.2, 0.25) is 0 Å². The maximum Gasteiger partial charge on any atom is 0.305 e. The Labute approximate surface area is 146 Å². The Morgan fingerprint density at radius 2 is 1.64 bits per heavy atom. The lowest BCUT2D eigenvalue weighted by Crippen LogP contribution is -2.39. The zero-order valence-electron chi connectivity index (χ0n) is 14.1. The van der Waals surface area contributed by atoms with Crippen LogP contribution in [0.5, 0.6) is 11.5 Å². The number of carbonyl (C=O) groups excluding carboxylic acids is 1. The van der Waals surface area contributed by atoms with Gasteiger partial charge in [-0.3, -0.25) is 9.59 Å². The van der Waals surface area contributed by atoms with Crippen molar-refractivity contribution in [2.45, 2.75) is 25.5 Å². The number of hydrogen-bond donors (Lipinski definition) is 2. The van der Waals surface area contributed by atoms with Crippen LogP contribution in [0.2, 0.25) is 0 Å². The van der Waals surface area contributed by atoms with Crippen molar-refractivity contribution in [3.8, 4) is 11.5 Å². The molecule has 0 aliphatic carbocycles. The van der Waals surface area contributed by atoms with Crippen LogP contribution in [0, 0.1) is 0 Å². The predicted molar refractivity (Wildman–Crippen MR) is 92.7 cm³/mol. The number of methoxy groups -OCH3 is 1. The lowest BCUT2D eigenvalue weighted by Gasteiger charge is -2.21. The third-order valence-corrected chi connectivity index (χ3v) is 3.64. The summed E-state index contributed by atoms with van der Waals surface area (Å²) in [6.45, 7) is 1.61. The van der Waals surface area contributed by atoms with Crippen LogP contribution in [0.3, 0.4) is 0 Å². The van der Waals surface area contributed by atoms with Gasteiger partial charge in [0.15, 0.2) is 6.10 Å². The molecule has 2 aromatic rings. The molecule has 0 aliphatic heterocycles. The highest BCUT2D eigenvalue weighted by molar-refractivity contribution is 5.82. The van der Waals surface area contributed by atoms with Gasteiger partial charge >= 0.3 is 5.97 Å². The van der Waals surface area contributed by atoms with Crippen LogP contribution < -0.4 is 14.8 Å². The van der Waals surface area contributed by atoms with E-state index in [1.165, 1.54) is 0 Å².